The molecule has 1 N–H and O–H groups in total. The van der Waals surface area contributed by atoms with Gasteiger partial charge in [0.25, 0.3) is 0 Å². The zero-order valence-electron chi connectivity index (χ0n) is 16.4. The molecule has 0 bridgehead atoms. The summed E-state index contributed by atoms with van der Waals surface area (Å²) in [5.74, 6) is 0.902. The van der Waals surface area contributed by atoms with E-state index in [-0.39, 0.29) is 24.8 Å². The van der Waals surface area contributed by atoms with Gasteiger partial charge in [0.2, 0.25) is 11.8 Å². The summed E-state index contributed by atoms with van der Waals surface area (Å²) < 4.78 is 15.9. The van der Waals surface area contributed by atoms with Gasteiger partial charge in [0, 0.05) is 19.0 Å². The fraction of sp³-hybridized carbons (Fsp3) is 0.333. The van der Waals surface area contributed by atoms with Crippen LogP contribution in [0.3, 0.4) is 0 Å². The average Bonchev–Trinajstić information content (AvgIpc) is 3.09. The topological polar surface area (TPSA) is 77.1 Å². The minimum atomic E-state index is -0.478. The summed E-state index contributed by atoms with van der Waals surface area (Å²) >= 11 is 0. The van der Waals surface area contributed by atoms with Gasteiger partial charge < -0.3 is 24.4 Å². The fourth-order valence-corrected chi connectivity index (χ4v) is 3.27. The van der Waals surface area contributed by atoms with E-state index in [0.717, 1.165) is 5.56 Å². The van der Waals surface area contributed by atoms with Crippen LogP contribution < -0.4 is 24.4 Å². The van der Waals surface area contributed by atoms with Crippen LogP contribution in [-0.4, -0.2) is 39.7 Å². The lowest BCUT2D eigenvalue weighted by atomic mass is 10.1. The number of rotatable bonds is 6. The van der Waals surface area contributed by atoms with Gasteiger partial charge in [0.05, 0.1) is 38.6 Å². The molecule has 1 heterocycles. The van der Waals surface area contributed by atoms with Crippen LogP contribution in [0.4, 0.5) is 11.4 Å². The number of carbonyl (C=O) groups excluding carboxylic acids is 2. The van der Waals surface area contributed by atoms with Gasteiger partial charge >= 0.3 is 0 Å². The Morgan fingerprint density at radius 2 is 1.75 bits per heavy atom. The van der Waals surface area contributed by atoms with Crippen molar-refractivity contribution in [2.75, 3.05) is 38.1 Å². The Morgan fingerprint density at radius 1 is 1.04 bits per heavy atom. The molecular formula is C21H24N2O5. The highest BCUT2D eigenvalue weighted by Gasteiger charge is 2.36. The summed E-state index contributed by atoms with van der Waals surface area (Å²) in [5, 5.41) is 2.86. The first kappa shape index (κ1) is 19.5. The van der Waals surface area contributed by atoms with E-state index in [4.69, 9.17) is 14.2 Å². The van der Waals surface area contributed by atoms with E-state index in [2.05, 4.69) is 5.32 Å². The second-order valence-corrected chi connectivity index (χ2v) is 6.64. The molecular weight excluding hydrogens is 360 g/mol. The molecule has 0 spiro atoms. The van der Waals surface area contributed by atoms with Crippen molar-refractivity contribution >= 4 is 23.2 Å². The SMILES string of the molecule is COc1ccc(OC)c(NC(=O)C2CC(=O)N(c3cc(C)ccc3OC)C2)c1. The highest BCUT2D eigenvalue weighted by Crippen LogP contribution is 2.35. The second-order valence-electron chi connectivity index (χ2n) is 6.64. The number of hydrogen-bond donors (Lipinski definition) is 1. The van der Waals surface area contributed by atoms with Gasteiger partial charge in [-0.1, -0.05) is 6.07 Å². The molecule has 1 saturated heterocycles. The van der Waals surface area contributed by atoms with Crippen molar-refractivity contribution in [1.82, 2.24) is 0 Å². The molecule has 1 fully saturated rings. The van der Waals surface area contributed by atoms with Crippen molar-refractivity contribution in [3.05, 3.63) is 42.0 Å². The van der Waals surface area contributed by atoms with Crippen LogP contribution in [0.15, 0.2) is 36.4 Å². The van der Waals surface area contributed by atoms with Crippen LogP contribution >= 0.6 is 0 Å². The molecule has 28 heavy (non-hydrogen) atoms. The lowest BCUT2D eigenvalue weighted by Crippen LogP contribution is -2.28. The predicted molar refractivity (Wildman–Crippen MR) is 106 cm³/mol. The van der Waals surface area contributed by atoms with E-state index in [1.165, 1.54) is 7.11 Å². The average molecular weight is 384 g/mol. The minimum Gasteiger partial charge on any atom is -0.497 e. The number of methoxy groups -OCH3 is 3. The van der Waals surface area contributed by atoms with Gasteiger partial charge in [-0.05, 0) is 36.8 Å². The molecule has 3 rings (SSSR count). The Bertz CT molecular complexity index is 896. The molecule has 7 nitrogen and oxygen atoms in total. The first-order valence-electron chi connectivity index (χ1n) is 8.94. The third-order valence-electron chi connectivity index (χ3n) is 4.79. The molecule has 0 aliphatic carbocycles. The fourth-order valence-electron chi connectivity index (χ4n) is 3.27. The first-order chi connectivity index (χ1) is 13.5. The largest absolute Gasteiger partial charge is 0.497 e. The standard InChI is InChI=1S/C21H24N2O5/c1-13-5-7-19(28-4)17(9-13)23-12-14(10-20(23)24)21(25)22-16-11-15(26-2)6-8-18(16)27-3/h5-9,11,14H,10,12H2,1-4H3,(H,22,25). The second kappa shape index (κ2) is 8.21. The quantitative estimate of drug-likeness (QED) is 0.828. The number of aryl methyl sites for hydroxylation is 1. The number of amides is 2. The van der Waals surface area contributed by atoms with Crippen molar-refractivity contribution in [1.29, 1.82) is 0 Å². The van der Waals surface area contributed by atoms with E-state index in [9.17, 15) is 9.59 Å². The molecule has 1 unspecified atom stereocenters. The van der Waals surface area contributed by atoms with Crippen molar-refractivity contribution < 1.29 is 23.8 Å². The number of carbonyl (C=O) groups is 2. The molecule has 0 saturated carbocycles. The van der Waals surface area contributed by atoms with Crippen molar-refractivity contribution in [3.8, 4) is 17.2 Å². The van der Waals surface area contributed by atoms with Gasteiger partial charge in [0.15, 0.2) is 0 Å². The Balaban J connectivity index is 1.79. The number of hydrogen-bond acceptors (Lipinski definition) is 5. The molecule has 7 heteroatoms. The minimum absolute atomic E-state index is 0.110. The normalized spacial score (nSPS) is 16.1. The number of benzene rings is 2. The van der Waals surface area contributed by atoms with E-state index in [1.807, 2.05) is 25.1 Å². The van der Waals surface area contributed by atoms with Crippen LogP contribution in [0, 0.1) is 12.8 Å². The maximum absolute atomic E-state index is 12.8. The zero-order valence-corrected chi connectivity index (χ0v) is 16.4. The number of ether oxygens (including phenoxy) is 3. The van der Waals surface area contributed by atoms with Crippen LogP contribution in [-0.2, 0) is 9.59 Å². The Hall–Kier alpha value is -3.22. The first-order valence-corrected chi connectivity index (χ1v) is 8.94. The molecule has 2 amide bonds. The van der Waals surface area contributed by atoms with E-state index >= 15 is 0 Å². The molecule has 0 radical (unpaired) electrons. The van der Waals surface area contributed by atoms with Crippen LogP contribution in [0.25, 0.3) is 0 Å². The number of nitrogens with zero attached hydrogens (tertiary/aromatic N) is 1. The highest BCUT2D eigenvalue weighted by atomic mass is 16.5. The summed E-state index contributed by atoms with van der Waals surface area (Å²) in [6, 6.07) is 10.8. The lowest BCUT2D eigenvalue weighted by Gasteiger charge is -2.20. The molecule has 2 aromatic carbocycles. The summed E-state index contributed by atoms with van der Waals surface area (Å²) in [6.07, 6.45) is 0.134. The van der Waals surface area contributed by atoms with Gasteiger partial charge in [-0.15, -0.1) is 0 Å². The molecule has 1 aliphatic heterocycles. The van der Waals surface area contributed by atoms with E-state index < -0.39 is 5.92 Å². The van der Waals surface area contributed by atoms with Crippen LogP contribution in [0.1, 0.15) is 12.0 Å². The Kier molecular flexibility index (Phi) is 5.73. The zero-order chi connectivity index (χ0) is 20.3. The van der Waals surface area contributed by atoms with Crippen molar-refractivity contribution in [3.63, 3.8) is 0 Å². The third kappa shape index (κ3) is 3.88. The molecule has 148 valence electrons. The predicted octanol–water partition coefficient (Wildman–Crippen LogP) is 3.01. The lowest BCUT2D eigenvalue weighted by molar-refractivity contribution is -0.122. The van der Waals surface area contributed by atoms with Gasteiger partial charge in [-0.25, -0.2) is 0 Å². The third-order valence-corrected chi connectivity index (χ3v) is 4.79. The molecule has 1 aliphatic rings. The summed E-state index contributed by atoms with van der Waals surface area (Å²) in [4.78, 5) is 27.0. The van der Waals surface area contributed by atoms with E-state index in [1.54, 1.807) is 37.3 Å². The molecule has 0 aromatic heterocycles. The Labute approximate surface area is 164 Å². The maximum atomic E-state index is 12.8. The molecule has 2 aromatic rings. The van der Waals surface area contributed by atoms with Gasteiger partial charge in [0.1, 0.15) is 17.2 Å². The Morgan fingerprint density at radius 3 is 2.43 bits per heavy atom. The van der Waals surface area contributed by atoms with Crippen molar-refractivity contribution in [2.24, 2.45) is 5.92 Å². The highest BCUT2D eigenvalue weighted by molar-refractivity contribution is 6.04. The number of anilines is 2. The van der Waals surface area contributed by atoms with Gasteiger partial charge in [-0.3, -0.25) is 9.59 Å². The summed E-state index contributed by atoms with van der Waals surface area (Å²) in [6.45, 7) is 2.24. The monoisotopic (exact) mass is 384 g/mol. The maximum Gasteiger partial charge on any atom is 0.229 e. The smallest absolute Gasteiger partial charge is 0.229 e. The summed E-state index contributed by atoms with van der Waals surface area (Å²) in [5.41, 5.74) is 2.20. The van der Waals surface area contributed by atoms with E-state index in [0.29, 0.717) is 28.6 Å². The van der Waals surface area contributed by atoms with Crippen LogP contribution in [0.2, 0.25) is 0 Å². The summed E-state index contributed by atoms with van der Waals surface area (Å²) in [7, 11) is 4.65. The molecule has 1 atom stereocenters. The van der Waals surface area contributed by atoms with Gasteiger partial charge in [-0.2, -0.15) is 0 Å². The van der Waals surface area contributed by atoms with Crippen LogP contribution in [0.5, 0.6) is 17.2 Å². The number of nitrogens with one attached hydrogen (secondary N) is 1. The van der Waals surface area contributed by atoms with Crippen molar-refractivity contribution in [2.45, 2.75) is 13.3 Å².